The SMILES string of the molecule is OCCC(F)(F)c1n[nH]c2c1CCC2. The van der Waals surface area contributed by atoms with Crippen molar-refractivity contribution in [2.75, 3.05) is 6.61 Å². The van der Waals surface area contributed by atoms with Crippen molar-refractivity contribution in [2.24, 2.45) is 0 Å². The molecule has 0 fully saturated rings. The number of rotatable bonds is 3. The fourth-order valence-electron chi connectivity index (χ4n) is 1.88. The Hall–Kier alpha value is -0.970. The molecule has 0 amide bonds. The number of aliphatic hydroxyl groups is 1. The fourth-order valence-corrected chi connectivity index (χ4v) is 1.88. The van der Waals surface area contributed by atoms with Crippen LogP contribution in [0.2, 0.25) is 0 Å². The first-order valence-corrected chi connectivity index (χ1v) is 4.70. The molecule has 0 saturated carbocycles. The van der Waals surface area contributed by atoms with E-state index in [1.165, 1.54) is 0 Å². The smallest absolute Gasteiger partial charge is 0.293 e. The number of aliphatic hydroxyl groups excluding tert-OH is 1. The lowest BCUT2D eigenvalue weighted by Crippen LogP contribution is -2.17. The van der Waals surface area contributed by atoms with Crippen molar-refractivity contribution in [2.45, 2.75) is 31.6 Å². The van der Waals surface area contributed by atoms with E-state index in [9.17, 15) is 8.78 Å². The number of fused-ring (bicyclic) bond motifs is 1. The Morgan fingerprint density at radius 2 is 2.21 bits per heavy atom. The maximum Gasteiger partial charge on any atom is 0.293 e. The molecule has 0 spiro atoms. The molecule has 5 heteroatoms. The van der Waals surface area contributed by atoms with Gasteiger partial charge in [0, 0.05) is 24.3 Å². The van der Waals surface area contributed by atoms with Crippen LogP contribution in [-0.4, -0.2) is 21.9 Å². The maximum absolute atomic E-state index is 13.4. The number of halogens is 2. The summed E-state index contributed by atoms with van der Waals surface area (Å²) in [5, 5.41) is 14.8. The number of aryl methyl sites for hydroxylation is 1. The maximum atomic E-state index is 13.4. The number of hydrogen-bond donors (Lipinski definition) is 2. The summed E-state index contributed by atoms with van der Waals surface area (Å²) in [6.45, 7) is -0.519. The average molecular weight is 202 g/mol. The minimum Gasteiger partial charge on any atom is -0.396 e. The van der Waals surface area contributed by atoms with Crippen LogP contribution in [0.5, 0.6) is 0 Å². The molecule has 1 aliphatic rings. The minimum absolute atomic E-state index is 0.168. The first-order valence-electron chi connectivity index (χ1n) is 4.70. The van der Waals surface area contributed by atoms with Gasteiger partial charge in [0.05, 0.1) is 0 Å². The van der Waals surface area contributed by atoms with Crippen LogP contribution < -0.4 is 0 Å². The third kappa shape index (κ3) is 1.41. The molecule has 1 aromatic heterocycles. The van der Waals surface area contributed by atoms with Crippen molar-refractivity contribution in [1.82, 2.24) is 10.2 Å². The van der Waals surface area contributed by atoms with Gasteiger partial charge in [0.25, 0.3) is 5.92 Å². The molecule has 0 saturated heterocycles. The van der Waals surface area contributed by atoms with E-state index in [2.05, 4.69) is 10.2 Å². The Balaban J connectivity index is 2.32. The van der Waals surface area contributed by atoms with E-state index in [4.69, 9.17) is 5.11 Å². The standard InChI is InChI=1S/C9H12F2N2O/c10-9(11,4-5-14)8-6-2-1-3-7(6)12-13-8/h14H,1-5H2,(H,12,13). The van der Waals surface area contributed by atoms with E-state index in [0.717, 1.165) is 18.5 Å². The molecule has 0 bridgehead atoms. The summed E-state index contributed by atoms with van der Waals surface area (Å²) in [6, 6.07) is 0. The molecule has 14 heavy (non-hydrogen) atoms. The van der Waals surface area contributed by atoms with Crippen LogP contribution >= 0.6 is 0 Å². The Bertz CT molecular complexity index is 336. The van der Waals surface area contributed by atoms with Gasteiger partial charge in [-0.1, -0.05) is 0 Å². The highest BCUT2D eigenvalue weighted by molar-refractivity contribution is 5.32. The largest absolute Gasteiger partial charge is 0.396 e. The first kappa shape index (κ1) is 9.58. The van der Waals surface area contributed by atoms with Crippen molar-refractivity contribution in [1.29, 1.82) is 0 Å². The Labute approximate surface area is 80.1 Å². The van der Waals surface area contributed by atoms with Crippen LogP contribution in [-0.2, 0) is 18.8 Å². The van der Waals surface area contributed by atoms with Gasteiger partial charge in [-0.25, -0.2) is 0 Å². The quantitative estimate of drug-likeness (QED) is 0.777. The summed E-state index contributed by atoms with van der Waals surface area (Å²) < 4.78 is 26.8. The number of hydrogen-bond acceptors (Lipinski definition) is 2. The van der Waals surface area contributed by atoms with Crippen molar-refractivity contribution in [3.05, 3.63) is 17.0 Å². The summed E-state index contributed by atoms with van der Waals surface area (Å²) in [4.78, 5) is 0. The van der Waals surface area contributed by atoms with E-state index in [0.29, 0.717) is 12.0 Å². The van der Waals surface area contributed by atoms with Gasteiger partial charge < -0.3 is 5.11 Å². The topological polar surface area (TPSA) is 48.9 Å². The molecule has 2 N–H and O–H groups in total. The van der Waals surface area contributed by atoms with Gasteiger partial charge in [-0.05, 0) is 19.3 Å². The summed E-state index contributed by atoms with van der Waals surface area (Å²) in [7, 11) is 0. The summed E-state index contributed by atoms with van der Waals surface area (Å²) in [5.74, 6) is -3.00. The highest BCUT2D eigenvalue weighted by atomic mass is 19.3. The monoisotopic (exact) mass is 202 g/mol. The zero-order chi connectivity index (χ0) is 10.2. The number of nitrogens with zero attached hydrogens (tertiary/aromatic N) is 1. The van der Waals surface area contributed by atoms with E-state index in [-0.39, 0.29) is 5.69 Å². The van der Waals surface area contributed by atoms with Gasteiger partial charge in [0.2, 0.25) is 0 Å². The van der Waals surface area contributed by atoms with Gasteiger partial charge in [-0.2, -0.15) is 13.9 Å². The minimum atomic E-state index is -3.00. The lowest BCUT2D eigenvalue weighted by molar-refractivity contribution is -0.0317. The Kier molecular flexibility index (Phi) is 2.26. The predicted octanol–water partition coefficient (Wildman–Crippen LogP) is 1.37. The fraction of sp³-hybridized carbons (Fsp3) is 0.667. The van der Waals surface area contributed by atoms with Crippen LogP contribution in [0.1, 0.15) is 29.8 Å². The summed E-state index contributed by atoms with van der Waals surface area (Å²) in [6.07, 6.45) is 1.83. The molecule has 3 nitrogen and oxygen atoms in total. The third-order valence-corrected chi connectivity index (χ3v) is 2.58. The third-order valence-electron chi connectivity index (χ3n) is 2.58. The van der Waals surface area contributed by atoms with Crippen molar-refractivity contribution in [3.63, 3.8) is 0 Å². The zero-order valence-corrected chi connectivity index (χ0v) is 7.69. The number of aromatic amines is 1. The molecule has 0 aliphatic heterocycles. The molecule has 78 valence electrons. The Morgan fingerprint density at radius 1 is 1.43 bits per heavy atom. The van der Waals surface area contributed by atoms with Crippen LogP contribution in [0.4, 0.5) is 8.78 Å². The number of aromatic nitrogens is 2. The molecule has 0 aromatic carbocycles. The Morgan fingerprint density at radius 3 is 2.93 bits per heavy atom. The lowest BCUT2D eigenvalue weighted by Gasteiger charge is -2.13. The molecular weight excluding hydrogens is 190 g/mol. The van der Waals surface area contributed by atoms with Crippen LogP contribution in [0.15, 0.2) is 0 Å². The van der Waals surface area contributed by atoms with E-state index in [1.54, 1.807) is 0 Å². The predicted molar refractivity (Wildman–Crippen MR) is 46.2 cm³/mol. The molecule has 0 atom stereocenters. The van der Waals surface area contributed by atoms with Gasteiger partial charge in [-0.15, -0.1) is 0 Å². The summed E-state index contributed by atoms with van der Waals surface area (Å²) >= 11 is 0. The molecule has 1 aromatic rings. The molecular formula is C9H12F2N2O. The van der Waals surface area contributed by atoms with Gasteiger partial charge >= 0.3 is 0 Å². The van der Waals surface area contributed by atoms with Gasteiger partial charge in [0.15, 0.2) is 0 Å². The summed E-state index contributed by atoms with van der Waals surface area (Å²) in [5.41, 5.74) is 1.32. The van der Waals surface area contributed by atoms with Crippen LogP contribution in [0.25, 0.3) is 0 Å². The second-order valence-corrected chi connectivity index (χ2v) is 3.56. The normalized spacial score (nSPS) is 15.9. The molecule has 0 radical (unpaired) electrons. The zero-order valence-electron chi connectivity index (χ0n) is 7.69. The number of alkyl halides is 2. The first-order chi connectivity index (χ1) is 6.65. The molecule has 0 unspecified atom stereocenters. The highest BCUT2D eigenvalue weighted by Gasteiger charge is 2.38. The second kappa shape index (κ2) is 3.31. The second-order valence-electron chi connectivity index (χ2n) is 3.56. The lowest BCUT2D eigenvalue weighted by atomic mass is 10.1. The van der Waals surface area contributed by atoms with E-state index < -0.39 is 19.0 Å². The van der Waals surface area contributed by atoms with Crippen molar-refractivity contribution < 1.29 is 13.9 Å². The molecule has 1 heterocycles. The van der Waals surface area contributed by atoms with Gasteiger partial charge in [0.1, 0.15) is 5.69 Å². The molecule has 1 aliphatic carbocycles. The average Bonchev–Trinajstić information content (AvgIpc) is 2.60. The number of nitrogens with one attached hydrogen (secondary N) is 1. The van der Waals surface area contributed by atoms with Crippen LogP contribution in [0, 0.1) is 0 Å². The van der Waals surface area contributed by atoms with Crippen molar-refractivity contribution in [3.8, 4) is 0 Å². The molecule has 2 rings (SSSR count). The van der Waals surface area contributed by atoms with Crippen molar-refractivity contribution >= 4 is 0 Å². The van der Waals surface area contributed by atoms with Crippen LogP contribution in [0.3, 0.4) is 0 Å². The highest BCUT2D eigenvalue weighted by Crippen LogP contribution is 2.36. The van der Waals surface area contributed by atoms with E-state index in [1.807, 2.05) is 0 Å². The van der Waals surface area contributed by atoms with E-state index >= 15 is 0 Å². The number of H-pyrrole nitrogens is 1. The van der Waals surface area contributed by atoms with Gasteiger partial charge in [-0.3, -0.25) is 5.10 Å².